The molecule has 1 heterocycles. The third-order valence-electron chi connectivity index (χ3n) is 3.93. The molecule has 1 atom stereocenters. The average molecular weight is 372 g/mol. The Morgan fingerprint density at radius 2 is 1.88 bits per heavy atom. The Labute approximate surface area is 156 Å². The van der Waals surface area contributed by atoms with Gasteiger partial charge in [-0.1, -0.05) is 48.5 Å². The molecule has 0 spiro atoms. The van der Waals surface area contributed by atoms with Gasteiger partial charge in [-0.25, -0.2) is 0 Å². The van der Waals surface area contributed by atoms with Crippen molar-refractivity contribution in [1.29, 1.82) is 0 Å². The monoisotopic (exact) mass is 371 g/mol. The third-order valence-corrected chi connectivity index (χ3v) is 6.30. The van der Waals surface area contributed by atoms with E-state index in [9.17, 15) is 9.90 Å². The highest BCUT2D eigenvalue weighted by Crippen LogP contribution is 2.32. The molecular formula is C20H21NO2S2. The second-order valence-electron chi connectivity index (χ2n) is 6.18. The summed E-state index contributed by atoms with van der Waals surface area (Å²) in [6.45, 7) is 1.96. The predicted octanol–water partition coefficient (Wildman–Crippen LogP) is 4.16. The lowest BCUT2D eigenvalue weighted by Crippen LogP contribution is -2.38. The van der Waals surface area contributed by atoms with E-state index in [1.807, 2.05) is 48.5 Å². The Morgan fingerprint density at radius 3 is 2.64 bits per heavy atom. The van der Waals surface area contributed by atoms with E-state index < -0.39 is 5.60 Å². The van der Waals surface area contributed by atoms with Crippen molar-refractivity contribution in [3.63, 3.8) is 0 Å². The van der Waals surface area contributed by atoms with Gasteiger partial charge in [0.2, 0.25) is 5.91 Å². The van der Waals surface area contributed by atoms with Gasteiger partial charge in [-0.3, -0.25) is 4.79 Å². The van der Waals surface area contributed by atoms with Crippen molar-refractivity contribution >= 4 is 39.1 Å². The predicted molar refractivity (Wildman–Crippen MR) is 107 cm³/mol. The van der Waals surface area contributed by atoms with Crippen LogP contribution in [0.4, 0.5) is 0 Å². The zero-order valence-corrected chi connectivity index (χ0v) is 15.7. The van der Waals surface area contributed by atoms with E-state index in [0.717, 1.165) is 20.7 Å². The van der Waals surface area contributed by atoms with Gasteiger partial charge >= 0.3 is 0 Å². The van der Waals surface area contributed by atoms with E-state index in [0.29, 0.717) is 5.75 Å². The summed E-state index contributed by atoms with van der Waals surface area (Å²) in [6.07, 6.45) is 0. The maximum absolute atomic E-state index is 12.0. The summed E-state index contributed by atoms with van der Waals surface area (Å²) in [6, 6.07) is 20.1. The van der Waals surface area contributed by atoms with Crippen LogP contribution < -0.4 is 5.32 Å². The molecule has 0 unspecified atom stereocenters. The summed E-state index contributed by atoms with van der Waals surface area (Å²) in [4.78, 5) is 12.9. The number of amides is 1. The molecule has 0 bridgehead atoms. The first-order chi connectivity index (χ1) is 12.0. The van der Waals surface area contributed by atoms with Gasteiger partial charge in [0, 0.05) is 15.3 Å². The lowest BCUT2D eigenvalue weighted by molar-refractivity contribution is -0.119. The molecule has 1 aromatic heterocycles. The molecular weight excluding hydrogens is 350 g/mol. The largest absolute Gasteiger partial charge is 0.383 e. The van der Waals surface area contributed by atoms with E-state index in [2.05, 4.69) is 17.4 Å². The van der Waals surface area contributed by atoms with E-state index in [1.54, 1.807) is 30.0 Å². The summed E-state index contributed by atoms with van der Waals surface area (Å²) < 4.78 is 1.14. The number of hydrogen-bond acceptors (Lipinski definition) is 4. The van der Waals surface area contributed by atoms with Crippen molar-refractivity contribution in [2.24, 2.45) is 0 Å². The first-order valence-corrected chi connectivity index (χ1v) is 10.1. The average Bonchev–Trinajstić information content (AvgIpc) is 3.06. The van der Waals surface area contributed by atoms with Crippen LogP contribution in [0, 0.1) is 0 Å². The van der Waals surface area contributed by atoms with Crippen LogP contribution in [0.15, 0.2) is 60.7 Å². The topological polar surface area (TPSA) is 49.3 Å². The molecule has 5 heteroatoms. The first kappa shape index (κ1) is 18.0. The van der Waals surface area contributed by atoms with E-state index in [1.165, 1.54) is 5.56 Å². The van der Waals surface area contributed by atoms with Crippen LogP contribution >= 0.6 is 23.1 Å². The molecule has 0 aliphatic heterocycles. The minimum atomic E-state index is -1.07. The van der Waals surface area contributed by atoms with Crippen molar-refractivity contribution in [1.82, 2.24) is 5.32 Å². The number of nitrogens with one attached hydrogen (secondary N) is 1. The Balaban J connectivity index is 1.50. The van der Waals surface area contributed by atoms with Gasteiger partial charge in [0.15, 0.2) is 0 Å². The molecule has 2 aromatic carbocycles. The Morgan fingerprint density at radius 1 is 1.16 bits per heavy atom. The Kier molecular flexibility index (Phi) is 5.78. The fourth-order valence-corrected chi connectivity index (χ4v) is 4.42. The van der Waals surface area contributed by atoms with Crippen LogP contribution in [0.25, 0.3) is 10.1 Å². The smallest absolute Gasteiger partial charge is 0.230 e. The number of carbonyl (C=O) groups excluding carboxylic acids is 1. The van der Waals surface area contributed by atoms with E-state index >= 15 is 0 Å². The number of aliphatic hydroxyl groups is 1. The lowest BCUT2D eigenvalue weighted by Gasteiger charge is -2.22. The molecule has 0 fully saturated rings. The standard InChI is InChI=1S/C20H21NO2S2/c1-20(23,18-11-16-9-5-6-10-17(16)25-18)14-21-19(22)13-24-12-15-7-3-2-4-8-15/h2-11,23H,12-14H2,1H3,(H,21,22)/t20-/m1/s1. The van der Waals surface area contributed by atoms with Crippen LogP contribution in [0.3, 0.4) is 0 Å². The molecule has 1 amide bonds. The van der Waals surface area contributed by atoms with E-state index in [4.69, 9.17) is 0 Å². The summed E-state index contributed by atoms with van der Waals surface area (Å²) in [5.41, 5.74) is 0.140. The number of rotatable bonds is 7. The molecule has 0 saturated heterocycles. The molecule has 0 aliphatic carbocycles. The number of thiophene rings is 1. The molecule has 0 aliphatic rings. The van der Waals surface area contributed by atoms with Gasteiger partial charge in [-0.2, -0.15) is 0 Å². The van der Waals surface area contributed by atoms with Crippen molar-refractivity contribution < 1.29 is 9.90 Å². The van der Waals surface area contributed by atoms with Crippen molar-refractivity contribution in [2.45, 2.75) is 18.3 Å². The van der Waals surface area contributed by atoms with Crippen molar-refractivity contribution in [2.75, 3.05) is 12.3 Å². The van der Waals surface area contributed by atoms with Gasteiger partial charge in [-0.15, -0.1) is 23.1 Å². The molecule has 2 N–H and O–H groups in total. The molecule has 0 radical (unpaired) electrons. The quantitative estimate of drug-likeness (QED) is 0.656. The minimum Gasteiger partial charge on any atom is -0.383 e. The number of carbonyl (C=O) groups is 1. The summed E-state index contributed by atoms with van der Waals surface area (Å²) in [5, 5.41) is 14.7. The van der Waals surface area contributed by atoms with E-state index in [-0.39, 0.29) is 12.5 Å². The Bertz CT molecular complexity index is 810. The zero-order chi connectivity index (χ0) is 17.7. The van der Waals surface area contributed by atoms with Gasteiger partial charge in [-0.05, 0) is 30.0 Å². The summed E-state index contributed by atoms with van der Waals surface area (Å²) in [5.74, 6) is 1.14. The maximum Gasteiger partial charge on any atom is 0.230 e. The van der Waals surface area contributed by atoms with Crippen LogP contribution in [0.5, 0.6) is 0 Å². The van der Waals surface area contributed by atoms with Gasteiger partial charge in [0.25, 0.3) is 0 Å². The third kappa shape index (κ3) is 4.84. The Hall–Kier alpha value is -1.82. The molecule has 3 aromatic rings. The SMILES string of the molecule is C[C@@](O)(CNC(=O)CSCc1ccccc1)c1cc2ccccc2s1. The number of hydrogen-bond donors (Lipinski definition) is 2. The second-order valence-corrected chi connectivity index (χ2v) is 8.25. The van der Waals surface area contributed by atoms with Gasteiger partial charge < -0.3 is 10.4 Å². The zero-order valence-electron chi connectivity index (χ0n) is 14.1. The van der Waals surface area contributed by atoms with Crippen LogP contribution in [-0.2, 0) is 16.1 Å². The molecule has 0 saturated carbocycles. The fraction of sp³-hybridized carbons (Fsp3) is 0.250. The molecule has 25 heavy (non-hydrogen) atoms. The number of benzene rings is 2. The first-order valence-electron chi connectivity index (χ1n) is 8.14. The van der Waals surface area contributed by atoms with Crippen molar-refractivity contribution in [3.8, 4) is 0 Å². The van der Waals surface area contributed by atoms with Gasteiger partial charge in [0.05, 0.1) is 12.3 Å². The second kappa shape index (κ2) is 8.04. The highest BCUT2D eigenvalue weighted by Gasteiger charge is 2.26. The number of thioether (sulfide) groups is 1. The van der Waals surface area contributed by atoms with Gasteiger partial charge in [0.1, 0.15) is 5.60 Å². The lowest BCUT2D eigenvalue weighted by atomic mass is 10.0. The fourth-order valence-electron chi connectivity index (χ4n) is 2.49. The van der Waals surface area contributed by atoms with Crippen LogP contribution in [-0.4, -0.2) is 23.3 Å². The normalized spacial score (nSPS) is 13.5. The minimum absolute atomic E-state index is 0.0534. The number of fused-ring (bicyclic) bond motifs is 1. The highest BCUT2D eigenvalue weighted by molar-refractivity contribution is 7.99. The molecule has 3 rings (SSSR count). The summed E-state index contributed by atoms with van der Waals surface area (Å²) in [7, 11) is 0. The summed E-state index contributed by atoms with van der Waals surface area (Å²) >= 11 is 3.14. The highest BCUT2D eigenvalue weighted by atomic mass is 32.2. The van der Waals surface area contributed by atoms with Crippen LogP contribution in [0.1, 0.15) is 17.4 Å². The maximum atomic E-state index is 12.0. The molecule has 130 valence electrons. The van der Waals surface area contributed by atoms with Crippen LogP contribution in [0.2, 0.25) is 0 Å². The van der Waals surface area contributed by atoms with Crippen molar-refractivity contribution in [3.05, 3.63) is 71.1 Å². The molecule has 3 nitrogen and oxygen atoms in total.